The van der Waals surface area contributed by atoms with Gasteiger partial charge in [0.2, 0.25) is 5.16 Å². The quantitative estimate of drug-likeness (QED) is 0.372. The molecular formula is C17H15FN8OS. The number of benzene rings is 2. The molecule has 2 N–H and O–H groups in total. The van der Waals surface area contributed by atoms with Gasteiger partial charge in [-0.15, -0.1) is 15.3 Å². The van der Waals surface area contributed by atoms with Gasteiger partial charge in [-0.25, -0.2) is 9.07 Å². The van der Waals surface area contributed by atoms with Gasteiger partial charge >= 0.3 is 0 Å². The average Bonchev–Trinajstić information content (AvgIpc) is 3.33. The summed E-state index contributed by atoms with van der Waals surface area (Å²) in [7, 11) is 0. The van der Waals surface area contributed by atoms with E-state index in [1.165, 1.54) is 40.7 Å². The lowest BCUT2D eigenvalue weighted by Gasteiger charge is -2.06. The number of nitrogens with zero attached hydrogens (tertiary/aromatic N) is 7. The first-order chi connectivity index (χ1) is 13.7. The number of rotatable bonds is 7. The van der Waals surface area contributed by atoms with Gasteiger partial charge in [-0.3, -0.25) is 0 Å². The standard InChI is InChI=1S/C17H15FN8OS/c18-12-6-8-14(9-7-12)27-10-15-20-22-17(25(15)19)28-11-16-21-23-24-26(16)13-4-2-1-3-5-13/h1-9H,10-11,19H2. The number of halogens is 1. The summed E-state index contributed by atoms with van der Waals surface area (Å²) in [5.41, 5.74) is 0.866. The molecule has 2 heterocycles. The molecule has 142 valence electrons. The molecule has 0 aliphatic rings. The molecule has 0 radical (unpaired) electrons. The zero-order valence-corrected chi connectivity index (χ0v) is 15.3. The van der Waals surface area contributed by atoms with Gasteiger partial charge in [0.1, 0.15) is 18.2 Å². The molecule has 0 saturated heterocycles. The van der Waals surface area contributed by atoms with Crippen LogP contribution in [0.25, 0.3) is 5.69 Å². The van der Waals surface area contributed by atoms with Crippen molar-refractivity contribution in [3.63, 3.8) is 0 Å². The Bertz CT molecular complexity index is 1050. The molecule has 2 aromatic carbocycles. The maximum atomic E-state index is 12.9. The third-order valence-corrected chi connectivity index (χ3v) is 4.72. The first-order valence-corrected chi connectivity index (χ1v) is 9.22. The van der Waals surface area contributed by atoms with Crippen LogP contribution < -0.4 is 10.6 Å². The molecule has 2 aromatic heterocycles. The summed E-state index contributed by atoms with van der Waals surface area (Å²) < 4.78 is 21.5. The fourth-order valence-corrected chi connectivity index (χ4v) is 3.16. The van der Waals surface area contributed by atoms with E-state index in [1.807, 2.05) is 30.3 Å². The largest absolute Gasteiger partial charge is 0.486 e. The summed E-state index contributed by atoms with van der Waals surface area (Å²) in [6.07, 6.45) is 0. The number of thioether (sulfide) groups is 1. The van der Waals surface area contributed by atoms with E-state index in [1.54, 1.807) is 4.68 Å². The summed E-state index contributed by atoms with van der Waals surface area (Å²) in [4.78, 5) is 0. The van der Waals surface area contributed by atoms with Crippen LogP contribution in [0.1, 0.15) is 11.6 Å². The van der Waals surface area contributed by atoms with Crippen LogP contribution in [-0.4, -0.2) is 35.1 Å². The number of ether oxygens (including phenoxy) is 1. The number of hydrogen-bond donors (Lipinski definition) is 1. The summed E-state index contributed by atoms with van der Waals surface area (Å²) in [5.74, 6) is 7.79. The fourth-order valence-electron chi connectivity index (χ4n) is 2.38. The first kappa shape index (κ1) is 17.9. The van der Waals surface area contributed by atoms with Crippen LogP contribution in [0.2, 0.25) is 0 Å². The Morgan fingerprint density at radius 1 is 0.964 bits per heavy atom. The summed E-state index contributed by atoms with van der Waals surface area (Å²) in [5, 5.41) is 20.4. The summed E-state index contributed by atoms with van der Waals surface area (Å²) in [6, 6.07) is 15.3. The maximum absolute atomic E-state index is 12.9. The molecule has 4 aromatic rings. The lowest BCUT2D eigenvalue weighted by Crippen LogP contribution is -2.16. The Hall–Kier alpha value is -3.47. The van der Waals surface area contributed by atoms with Crippen molar-refractivity contribution in [1.82, 2.24) is 35.1 Å². The van der Waals surface area contributed by atoms with Crippen molar-refractivity contribution >= 4 is 11.8 Å². The highest BCUT2D eigenvalue weighted by Crippen LogP contribution is 2.21. The van der Waals surface area contributed by atoms with Crippen LogP contribution in [-0.2, 0) is 12.4 Å². The van der Waals surface area contributed by atoms with E-state index in [4.69, 9.17) is 10.6 Å². The van der Waals surface area contributed by atoms with Crippen LogP contribution >= 0.6 is 11.8 Å². The van der Waals surface area contributed by atoms with Crippen molar-refractivity contribution in [1.29, 1.82) is 0 Å². The van der Waals surface area contributed by atoms with E-state index in [0.717, 1.165) is 5.69 Å². The van der Waals surface area contributed by atoms with Crippen molar-refractivity contribution in [3.8, 4) is 11.4 Å². The van der Waals surface area contributed by atoms with Gasteiger partial charge in [0.25, 0.3) is 0 Å². The van der Waals surface area contributed by atoms with Crippen LogP contribution in [0, 0.1) is 5.82 Å². The van der Waals surface area contributed by atoms with Gasteiger partial charge in [-0.05, 0) is 46.8 Å². The van der Waals surface area contributed by atoms with Gasteiger partial charge in [0.15, 0.2) is 11.6 Å². The zero-order chi connectivity index (χ0) is 19.3. The van der Waals surface area contributed by atoms with Crippen LogP contribution in [0.15, 0.2) is 59.8 Å². The highest BCUT2D eigenvalue weighted by atomic mass is 32.2. The van der Waals surface area contributed by atoms with Gasteiger partial charge in [0, 0.05) is 0 Å². The molecule has 0 spiro atoms. The molecule has 0 bridgehead atoms. The lowest BCUT2D eigenvalue weighted by atomic mass is 10.3. The molecule has 0 unspecified atom stereocenters. The van der Waals surface area contributed by atoms with Gasteiger partial charge in [0.05, 0.1) is 11.4 Å². The Morgan fingerprint density at radius 3 is 2.54 bits per heavy atom. The first-order valence-electron chi connectivity index (χ1n) is 8.24. The van der Waals surface area contributed by atoms with E-state index in [9.17, 15) is 4.39 Å². The second-order valence-corrected chi connectivity index (χ2v) is 6.59. The third-order valence-electron chi connectivity index (χ3n) is 3.78. The molecule has 0 atom stereocenters. The van der Waals surface area contributed by atoms with E-state index < -0.39 is 0 Å². The van der Waals surface area contributed by atoms with Crippen molar-refractivity contribution in [2.45, 2.75) is 17.5 Å². The molecule has 28 heavy (non-hydrogen) atoms. The van der Waals surface area contributed by atoms with Gasteiger partial charge in [-0.2, -0.15) is 4.68 Å². The third kappa shape index (κ3) is 3.93. The predicted molar refractivity (Wildman–Crippen MR) is 99.6 cm³/mol. The Kier molecular flexibility index (Phi) is 5.15. The number of nitrogen functional groups attached to an aromatic ring is 1. The molecule has 0 aliphatic carbocycles. The number of hydrogen-bond acceptors (Lipinski definition) is 8. The second-order valence-electron chi connectivity index (χ2n) is 5.64. The van der Waals surface area contributed by atoms with Crippen LogP contribution in [0.3, 0.4) is 0 Å². The number of para-hydroxylation sites is 1. The normalized spacial score (nSPS) is 10.9. The molecule has 0 amide bonds. The van der Waals surface area contributed by atoms with Gasteiger partial charge in [-0.1, -0.05) is 30.0 Å². The average molecular weight is 398 g/mol. The van der Waals surface area contributed by atoms with Crippen molar-refractivity contribution < 1.29 is 9.13 Å². The second kappa shape index (κ2) is 8.05. The van der Waals surface area contributed by atoms with Gasteiger partial charge < -0.3 is 10.6 Å². The smallest absolute Gasteiger partial charge is 0.210 e. The number of nitrogens with two attached hydrogens (primary N) is 1. The van der Waals surface area contributed by atoms with Crippen LogP contribution in [0.5, 0.6) is 5.75 Å². The lowest BCUT2D eigenvalue weighted by molar-refractivity contribution is 0.291. The molecule has 0 aliphatic heterocycles. The number of aromatic nitrogens is 7. The van der Waals surface area contributed by atoms with Crippen molar-refractivity contribution in [3.05, 3.63) is 72.1 Å². The minimum atomic E-state index is -0.328. The predicted octanol–water partition coefficient (Wildman–Crippen LogP) is 1.98. The van der Waals surface area contributed by atoms with E-state index in [-0.39, 0.29) is 12.4 Å². The van der Waals surface area contributed by atoms with E-state index in [0.29, 0.717) is 28.3 Å². The molecule has 11 heteroatoms. The summed E-state index contributed by atoms with van der Waals surface area (Å²) in [6.45, 7) is 0.109. The monoisotopic (exact) mass is 398 g/mol. The summed E-state index contributed by atoms with van der Waals surface area (Å²) >= 11 is 1.35. The minimum Gasteiger partial charge on any atom is -0.486 e. The Labute approximate surface area is 163 Å². The van der Waals surface area contributed by atoms with Crippen molar-refractivity contribution in [2.24, 2.45) is 0 Å². The topological polar surface area (TPSA) is 110 Å². The van der Waals surface area contributed by atoms with E-state index in [2.05, 4.69) is 25.7 Å². The maximum Gasteiger partial charge on any atom is 0.210 e. The number of tetrazole rings is 1. The minimum absolute atomic E-state index is 0.109. The van der Waals surface area contributed by atoms with Crippen molar-refractivity contribution in [2.75, 3.05) is 5.84 Å². The highest BCUT2D eigenvalue weighted by molar-refractivity contribution is 7.98. The Balaban J connectivity index is 1.40. The highest BCUT2D eigenvalue weighted by Gasteiger charge is 2.14. The molecule has 9 nitrogen and oxygen atoms in total. The van der Waals surface area contributed by atoms with E-state index >= 15 is 0 Å². The fraction of sp³-hybridized carbons (Fsp3) is 0.118. The molecular weight excluding hydrogens is 383 g/mol. The molecule has 0 fully saturated rings. The molecule has 0 saturated carbocycles. The Morgan fingerprint density at radius 2 is 1.75 bits per heavy atom. The van der Waals surface area contributed by atoms with Crippen LogP contribution in [0.4, 0.5) is 4.39 Å². The zero-order valence-electron chi connectivity index (χ0n) is 14.5. The SMILES string of the molecule is Nn1c(COc2ccc(F)cc2)nnc1SCc1nnnn1-c1ccccc1. The molecule has 4 rings (SSSR count).